The number of rotatable bonds is 8. The summed E-state index contributed by atoms with van der Waals surface area (Å²) in [6, 6.07) is 4.21. The standard InChI is InChI=1S/C15H25N3O/c1-3-4-5-11(2)17-14-9-8-13(16)15(18-14)19-10-12-6-7-12/h8-9,11-12H,3-7,10,16H2,1-2H3,(H,17,18). The summed E-state index contributed by atoms with van der Waals surface area (Å²) in [4.78, 5) is 4.46. The molecule has 0 spiro atoms. The van der Waals surface area contributed by atoms with Crippen molar-refractivity contribution in [3.8, 4) is 5.88 Å². The Morgan fingerprint density at radius 1 is 1.47 bits per heavy atom. The number of anilines is 2. The van der Waals surface area contributed by atoms with Crippen LogP contribution in [0.5, 0.6) is 5.88 Å². The Hall–Kier alpha value is -1.45. The van der Waals surface area contributed by atoms with Crippen molar-refractivity contribution in [1.82, 2.24) is 4.98 Å². The van der Waals surface area contributed by atoms with Crippen molar-refractivity contribution < 1.29 is 4.74 Å². The largest absolute Gasteiger partial charge is 0.476 e. The first kappa shape index (κ1) is 14.0. The van der Waals surface area contributed by atoms with E-state index in [-0.39, 0.29) is 0 Å². The Labute approximate surface area is 115 Å². The van der Waals surface area contributed by atoms with Gasteiger partial charge in [-0.15, -0.1) is 0 Å². The molecule has 3 N–H and O–H groups in total. The average Bonchev–Trinajstić information content (AvgIpc) is 3.21. The summed E-state index contributed by atoms with van der Waals surface area (Å²) in [5.74, 6) is 2.13. The summed E-state index contributed by atoms with van der Waals surface area (Å²) in [6.45, 7) is 5.13. The molecule has 0 amide bonds. The number of aromatic nitrogens is 1. The molecule has 4 heteroatoms. The van der Waals surface area contributed by atoms with Crippen LogP contribution in [-0.4, -0.2) is 17.6 Å². The quantitative estimate of drug-likeness (QED) is 0.754. The van der Waals surface area contributed by atoms with E-state index in [4.69, 9.17) is 10.5 Å². The van der Waals surface area contributed by atoms with Crippen LogP contribution in [0.1, 0.15) is 46.0 Å². The maximum Gasteiger partial charge on any atom is 0.239 e. The third-order valence-electron chi connectivity index (χ3n) is 3.43. The predicted molar refractivity (Wildman–Crippen MR) is 79.5 cm³/mol. The molecule has 1 aromatic rings. The van der Waals surface area contributed by atoms with Gasteiger partial charge in [-0.05, 0) is 44.2 Å². The molecule has 19 heavy (non-hydrogen) atoms. The van der Waals surface area contributed by atoms with Gasteiger partial charge in [0.15, 0.2) is 0 Å². The summed E-state index contributed by atoms with van der Waals surface area (Å²) in [5, 5.41) is 3.40. The summed E-state index contributed by atoms with van der Waals surface area (Å²) >= 11 is 0. The predicted octanol–water partition coefficient (Wildman–Crippen LogP) is 3.44. The van der Waals surface area contributed by atoms with E-state index >= 15 is 0 Å². The zero-order valence-electron chi connectivity index (χ0n) is 12.0. The highest BCUT2D eigenvalue weighted by Gasteiger charge is 2.22. The number of pyridine rings is 1. The lowest BCUT2D eigenvalue weighted by Crippen LogP contribution is -2.16. The number of nitrogens with two attached hydrogens (primary N) is 1. The SMILES string of the molecule is CCCCC(C)Nc1ccc(N)c(OCC2CC2)n1. The molecular weight excluding hydrogens is 238 g/mol. The maximum absolute atomic E-state index is 5.89. The normalized spacial score (nSPS) is 16.1. The second-order valence-corrected chi connectivity index (χ2v) is 5.53. The minimum absolute atomic E-state index is 0.423. The number of nitrogens with one attached hydrogen (secondary N) is 1. The maximum atomic E-state index is 5.89. The third-order valence-corrected chi connectivity index (χ3v) is 3.43. The number of hydrogen-bond acceptors (Lipinski definition) is 4. The van der Waals surface area contributed by atoms with Crippen molar-refractivity contribution in [2.75, 3.05) is 17.7 Å². The molecule has 1 heterocycles. The number of nitrogens with zero attached hydrogens (tertiary/aromatic N) is 1. The monoisotopic (exact) mass is 263 g/mol. The van der Waals surface area contributed by atoms with Gasteiger partial charge in [0, 0.05) is 6.04 Å². The Kier molecular flexibility index (Phi) is 4.88. The molecule has 0 radical (unpaired) electrons. The first-order valence-electron chi connectivity index (χ1n) is 7.35. The molecule has 1 saturated carbocycles. The van der Waals surface area contributed by atoms with E-state index in [2.05, 4.69) is 24.1 Å². The fraction of sp³-hybridized carbons (Fsp3) is 0.667. The summed E-state index contributed by atoms with van der Waals surface area (Å²) in [5.41, 5.74) is 6.51. The van der Waals surface area contributed by atoms with Crippen LogP contribution in [0.25, 0.3) is 0 Å². The second kappa shape index (κ2) is 6.64. The lowest BCUT2D eigenvalue weighted by molar-refractivity contribution is 0.290. The van der Waals surface area contributed by atoms with Gasteiger partial charge in [0.25, 0.3) is 0 Å². The van der Waals surface area contributed by atoms with Crippen molar-refractivity contribution >= 4 is 11.5 Å². The summed E-state index contributed by atoms with van der Waals surface area (Å²) < 4.78 is 5.69. The average molecular weight is 263 g/mol. The van der Waals surface area contributed by atoms with Crippen molar-refractivity contribution in [1.29, 1.82) is 0 Å². The van der Waals surface area contributed by atoms with Crippen LogP contribution in [0.2, 0.25) is 0 Å². The highest BCUT2D eigenvalue weighted by atomic mass is 16.5. The Morgan fingerprint density at radius 2 is 2.26 bits per heavy atom. The summed E-state index contributed by atoms with van der Waals surface area (Å²) in [6.07, 6.45) is 6.14. The van der Waals surface area contributed by atoms with Gasteiger partial charge in [-0.2, -0.15) is 4.98 Å². The van der Waals surface area contributed by atoms with E-state index in [0.29, 0.717) is 23.5 Å². The molecule has 106 valence electrons. The number of hydrogen-bond donors (Lipinski definition) is 2. The molecular formula is C15H25N3O. The lowest BCUT2D eigenvalue weighted by atomic mass is 10.1. The van der Waals surface area contributed by atoms with E-state index in [9.17, 15) is 0 Å². The molecule has 1 atom stereocenters. The van der Waals surface area contributed by atoms with E-state index in [1.807, 2.05) is 12.1 Å². The van der Waals surface area contributed by atoms with Gasteiger partial charge in [-0.1, -0.05) is 19.8 Å². The first-order valence-corrected chi connectivity index (χ1v) is 7.35. The third kappa shape index (κ3) is 4.62. The van der Waals surface area contributed by atoms with Gasteiger partial charge < -0.3 is 15.8 Å². The second-order valence-electron chi connectivity index (χ2n) is 5.53. The van der Waals surface area contributed by atoms with E-state index in [1.54, 1.807) is 0 Å². The van der Waals surface area contributed by atoms with Crippen LogP contribution in [0, 0.1) is 5.92 Å². The number of ether oxygens (including phenoxy) is 1. The van der Waals surface area contributed by atoms with Gasteiger partial charge >= 0.3 is 0 Å². The smallest absolute Gasteiger partial charge is 0.239 e. The van der Waals surface area contributed by atoms with E-state index in [0.717, 1.165) is 18.8 Å². The zero-order chi connectivity index (χ0) is 13.7. The van der Waals surface area contributed by atoms with Crippen molar-refractivity contribution in [2.24, 2.45) is 5.92 Å². The molecule has 0 saturated heterocycles. The molecule has 4 nitrogen and oxygen atoms in total. The minimum atomic E-state index is 0.423. The van der Waals surface area contributed by atoms with Gasteiger partial charge in [0.1, 0.15) is 5.82 Å². The summed E-state index contributed by atoms with van der Waals surface area (Å²) in [7, 11) is 0. The van der Waals surface area contributed by atoms with Crippen LogP contribution in [0.4, 0.5) is 11.5 Å². The molecule has 1 fully saturated rings. The van der Waals surface area contributed by atoms with E-state index in [1.165, 1.54) is 25.7 Å². The van der Waals surface area contributed by atoms with Crippen LogP contribution in [-0.2, 0) is 0 Å². The van der Waals surface area contributed by atoms with Gasteiger partial charge in [0.2, 0.25) is 5.88 Å². The molecule has 0 aromatic carbocycles. The van der Waals surface area contributed by atoms with Crippen LogP contribution in [0.3, 0.4) is 0 Å². The zero-order valence-corrected chi connectivity index (χ0v) is 12.0. The van der Waals surface area contributed by atoms with Crippen molar-refractivity contribution in [2.45, 2.75) is 52.0 Å². The van der Waals surface area contributed by atoms with E-state index < -0.39 is 0 Å². The van der Waals surface area contributed by atoms with Crippen LogP contribution in [0.15, 0.2) is 12.1 Å². The fourth-order valence-corrected chi connectivity index (χ4v) is 1.96. The molecule has 2 rings (SSSR count). The van der Waals surface area contributed by atoms with Crippen molar-refractivity contribution in [3.63, 3.8) is 0 Å². The van der Waals surface area contributed by atoms with Crippen LogP contribution >= 0.6 is 0 Å². The Balaban J connectivity index is 1.90. The molecule has 0 bridgehead atoms. The van der Waals surface area contributed by atoms with Gasteiger partial charge in [-0.3, -0.25) is 0 Å². The molecule has 0 aliphatic heterocycles. The van der Waals surface area contributed by atoms with Gasteiger partial charge in [-0.25, -0.2) is 0 Å². The lowest BCUT2D eigenvalue weighted by Gasteiger charge is -2.15. The fourth-order valence-electron chi connectivity index (χ4n) is 1.96. The highest BCUT2D eigenvalue weighted by Crippen LogP contribution is 2.30. The molecule has 1 aromatic heterocycles. The minimum Gasteiger partial charge on any atom is -0.476 e. The number of nitrogen functional groups attached to an aromatic ring is 1. The van der Waals surface area contributed by atoms with Gasteiger partial charge in [0.05, 0.1) is 12.3 Å². The number of unbranched alkanes of at least 4 members (excludes halogenated alkanes) is 1. The highest BCUT2D eigenvalue weighted by molar-refractivity contribution is 5.53. The molecule has 1 unspecified atom stereocenters. The molecule has 1 aliphatic rings. The molecule has 1 aliphatic carbocycles. The first-order chi connectivity index (χ1) is 9.19. The Morgan fingerprint density at radius 3 is 2.95 bits per heavy atom. The van der Waals surface area contributed by atoms with Crippen LogP contribution < -0.4 is 15.8 Å². The Bertz CT molecular complexity index is 404. The van der Waals surface area contributed by atoms with Crippen molar-refractivity contribution in [3.05, 3.63) is 12.1 Å². The topological polar surface area (TPSA) is 60.2 Å².